The van der Waals surface area contributed by atoms with Crippen molar-refractivity contribution in [1.29, 1.82) is 0 Å². The van der Waals surface area contributed by atoms with Gasteiger partial charge >= 0.3 is 0 Å². The summed E-state index contributed by atoms with van der Waals surface area (Å²) in [6.45, 7) is 6.31. The number of nitrogens with zero attached hydrogens (tertiary/aromatic N) is 3. The number of aromatic nitrogens is 3. The first-order chi connectivity index (χ1) is 9.95. The number of H-pyrrole nitrogens is 1. The number of nitrogens with one attached hydrogen (secondary N) is 1. The maximum Gasteiger partial charge on any atom is 0.246 e. The highest BCUT2D eigenvalue weighted by Crippen LogP contribution is 2.12. The maximum atomic E-state index is 12.1. The molecule has 0 fully saturated rings. The molecule has 0 aliphatic carbocycles. The zero-order chi connectivity index (χ0) is 15.4. The average Bonchev–Trinajstić information content (AvgIpc) is 2.82. The number of aryl methyl sites for hydroxylation is 3. The average molecular weight is 284 g/mol. The highest BCUT2D eigenvalue weighted by atomic mass is 16.2. The minimum Gasteiger partial charge on any atom is -0.335 e. The van der Waals surface area contributed by atoms with Crippen molar-refractivity contribution in [3.63, 3.8) is 0 Å². The summed E-state index contributed by atoms with van der Waals surface area (Å²) < 4.78 is 0. The van der Waals surface area contributed by atoms with Crippen LogP contribution in [0.3, 0.4) is 0 Å². The van der Waals surface area contributed by atoms with Crippen LogP contribution in [-0.2, 0) is 11.3 Å². The Morgan fingerprint density at radius 1 is 1.33 bits per heavy atom. The van der Waals surface area contributed by atoms with E-state index in [-0.39, 0.29) is 5.91 Å². The van der Waals surface area contributed by atoms with Crippen molar-refractivity contribution in [3.8, 4) is 0 Å². The summed E-state index contributed by atoms with van der Waals surface area (Å²) in [5, 5.41) is 6.79. The normalized spacial score (nSPS) is 11.0. The molecular formula is C16H20N4O. The first kappa shape index (κ1) is 15.0. The summed E-state index contributed by atoms with van der Waals surface area (Å²) in [5.74, 6) is 1.29. The second-order valence-corrected chi connectivity index (χ2v) is 5.22. The van der Waals surface area contributed by atoms with E-state index in [1.165, 1.54) is 5.56 Å². The zero-order valence-corrected chi connectivity index (χ0v) is 12.8. The van der Waals surface area contributed by atoms with Crippen molar-refractivity contribution in [2.75, 3.05) is 7.05 Å². The summed E-state index contributed by atoms with van der Waals surface area (Å²) in [6, 6.07) is 6.16. The Labute approximate surface area is 124 Å². The van der Waals surface area contributed by atoms with E-state index in [4.69, 9.17) is 0 Å². The van der Waals surface area contributed by atoms with Gasteiger partial charge in [-0.1, -0.05) is 23.8 Å². The van der Waals surface area contributed by atoms with Crippen LogP contribution in [0, 0.1) is 20.8 Å². The summed E-state index contributed by atoms with van der Waals surface area (Å²) in [4.78, 5) is 17.9. The van der Waals surface area contributed by atoms with Crippen molar-refractivity contribution in [2.24, 2.45) is 0 Å². The second-order valence-electron chi connectivity index (χ2n) is 5.22. The number of carbonyl (C=O) groups excluding carboxylic acids is 1. The third kappa shape index (κ3) is 4.02. The number of rotatable bonds is 4. The Kier molecular flexibility index (Phi) is 4.52. The van der Waals surface area contributed by atoms with Gasteiger partial charge in [0.05, 0.1) is 6.54 Å². The molecule has 110 valence electrons. The first-order valence-electron chi connectivity index (χ1n) is 6.84. The van der Waals surface area contributed by atoms with Crippen LogP contribution in [0.2, 0.25) is 0 Å². The van der Waals surface area contributed by atoms with Gasteiger partial charge in [0.15, 0.2) is 5.82 Å². The van der Waals surface area contributed by atoms with Crippen LogP contribution in [0.25, 0.3) is 6.08 Å². The molecule has 0 radical (unpaired) electrons. The third-order valence-corrected chi connectivity index (χ3v) is 3.23. The molecular weight excluding hydrogens is 264 g/mol. The number of aromatic amines is 1. The molecule has 1 aromatic carbocycles. The Morgan fingerprint density at radius 2 is 2.10 bits per heavy atom. The van der Waals surface area contributed by atoms with Crippen molar-refractivity contribution in [2.45, 2.75) is 27.3 Å². The molecule has 0 bridgehead atoms. The molecule has 0 saturated heterocycles. The SMILES string of the molecule is Cc1ccc(C=CC(=O)N(C)Cc2n[nH]c(C)n2)c(C)c1. The predicted octanol–water partition coefficient (Wildman–Crippen LogP) is 2.40. The molecule has 5 nitrogen and oxygen atoms in total. The van der Waals surface area contributed by atoms with Crippen LogP contribution in [0.1, 0.15) is 28.3 Å². The van der Waals surface area contributed by atoms with Gasteiger partial charge in [-0.25, -0.2) is 4.98 Å². The monoisotopic (exact) mass is 284 g/mol. The minimum atomic E-state index is -0.0718. The molecule has 0 unspecified atom stereocenters. The van der Waals surface area contributed by atoms with Gasteiger partial charge in [0.1, 0.15) is 5.82 Å². The molecule has 1 amide bonds. The van der Waals surface area contributed by atoms with Crippen LogP contribution < -0.4 is 0 Å². The van der Waals surface area contributed by atoms with Crippen LogP contribution in [0.15, 0.2) is 24.3 Å². The van der Waals surface area contributed by atoms with E-state index in [2.05, 4.69) is 28.2 Å². The quantitative estimate of drug-likeness (QED) is 0.877. The van der Waals surface area contributed by atoms with Gasteiger partial charge in [-0.2, -0.15) is 5.10 Å². The van der Waals surface area contributed by atoms with E-state index in [0.717, 1.165) is 17.0 Å². The largest absolute Gasteiger partial charge is 0.335 e. The molecule has 5 heteroatoms. The van der Waals surface area contributed by atoms with E-state index in [1.54, 1.807) is 18.0 Å². The minimum absolute atomic E-state index is 0.0718. The van der Waals surface area contributed by atoms with Gasteiger partial charge in [-0.15, -0.1) is 0 Å². The number of benzene rings is 1. The van der Waals surface area contributed by atoms with Crippen LogP contribution in [0.5, 0.6) is 0 Å². The number of likely N-dealkylation sites (N-methyl/N-ethyl adjacent to an activating group) is 1. The van der Waals surface area contributed by atoms with E-state index in [1.807, 2.05) is 32.1 Å². The fourth-order valence-electron chi connectivity index (χ4n) is 2.05. The van der Waals surface area contributed by atoms with E-state index in [0.29, 0.717) is 12.4 Å². The van der Waals surface area contributed by atoms with Crippen molar-refractivity contribution in [3.05, 3.63) is 52.6 Å². The van der Waals surface area contributed by atoms with Crippen molar-refractivity contribution < 1.29 is 4.79 Å². The van der Waals surface area contributed by atoms with Gasteiger partial charge in [-0.3, -0.25) is 9.89 Å². The smallest absolute Gasteiger partial charge is 0.246 e. The Bertz CT molecular complexity index is 673. The summed E-state index contributed by atoms with van der Waals surface area (Å²) in [6.07, 6.45) is 3.42. The van der Waals surface area contributed by atoms with Crippen molar-refractivity contribution in [1.82, 2.24) is 20.1 Å². The predicted molar refractivity (Wildman–Crippen MR) is 82.5 cm³/mol. The van der Waals surface area contributed by atoms with E-state index < -0.39 is 0 Å². The van der Waals surface area contributed by atoms with Gasteiger partial charge < -0.3 is 4.90 Å². The molecule has 0 spiro atoms. The fourth-order valence-corrected chi connectivity index (χ4v) is 2.05. The lowest BCUT2D eigenvalue weighted by Crippen LogP contribution is -2.24. The van der Waals surface area contributed by atoms with Gasteiger partial charge in [0.25, 0.3) is 0 Å². The zero-order valence-electron chi connectivity index (χ0n) is 12.8. The lowest BCUT2D eigenvalue weighted by atomic mass is 10.1. The molecule has 0 atom stereocenters. The maximum absolute atomic E-state index is 12.1. The molecule has 1 heterocycles. The molecule has 2 aromatic rings. The molecule has 0 aliphatic rings. The van der Waals surface area contributed by atoms with Gasteiger partial charge in [0.2, 0.25) is 5.91 Å². The number of amides is 1. The molecule has 0 aliphatic heterocycles. The number of hydrogen-bond acceptors (Lipinski definition) is 3. The number of carbonyl (C=O) groups is 1. The fraction of sp³-hybridized carbons (Fsp3) is 0.312. The van der Waals surface area contributed by atoms with Crippen LogP contribution in [0.4, 0.5) is 0 Å². The standard InChI is InChI=1S/C16H20N4O/c1-11-5-6-14(12(2)9-11)7-8-16(21)20(4)10-15-17-13(3)18-19-15/h5-9H,10H2,1-4H3,(H,17,18,19). The van der Waals surface area contributed by atoms with Crippen LogP contribution in [-0.4, -0.2) is 33.0 Å². The lowest BCUT2D eigenvalue weighted by Gasteiger charge is -2.12. The molecule has 0 saturated carbocycles. The molecule has 1 aromatic heterocycles. The van der Waals surface area contributed by atoms with Gasteiger partial charge in [-0.05, 0) is 38.0 Å². The Morgan fingerprint density at radius 3 is 2.71 bits per heavy atom. The first-order valence-corrected chi connectivity index (χ1v) is 6.84. The third-order valence-electron chi connectivity index (χ3n) is 3.23. The van der Waals surface area contributed by atoms with E-state index >= 15 is 0 Å². The molecule has 2 rings (SSSR count). The topological polar surface area (TPSA) is 61.9 Å². The van der Waals surface area contributed by atoms with Crippen LogP contribution >= 0.6 is 0 Å². The summed E-state index contributed by atoms with van der Waals surface area (Å²) >= 11 is 0. The van der Waals surface area contributed by atoms with Crippen molar-refractivity contribution >= 4 is 12.0 Å². The highest BCUT2D eigenvalue weighted by molar-refractivity contribution is 5.91. The lowest BCUT2D eigenvalue weighted by molar-refractivity contribution is -0.125. The Balaban J connectivity index is 2.01. The van der Waals surface area contributed by atoms with Gasteiger partial charge in [0, 0.05) is 13.1 Å². The summed E-state index contributed by atoms with van der Waals surface area (Å²) in [7, 11) is 1.74. The Hall–Kier alpha value is -2.43. The second kappa shape index (κ2) is 6.35. The summed E-state index contributed by atoms with van der Waals surface area (Å²) in [5.41, 5.74) is 3.43. The molecule has 1 N–H and O–H groups in total. The van der Waals surface area contributed by atoms with E-state index in [9.17, 15) is 4.79 Å². The highest BCUT2D eigenvalue weighted by Gasteiger charge is 2.09. The molecule has 21 heavy (non-hydrogen) atoms. The number of hydrogen-bond donors (Lipinski definition) is 1.